The lowest BCUT2D eigenvalue weighted by Crippen LogP contribution is -2.25. The van der Waals surface area contributed by atoms with Gasteiger partial charge in [0.15, 0.2) is 5.16 Å². The van der Waals surface area contributed by atoms with Crippen LogP contribution < -0.4 is 5.32 Å². The summed E-state index contributed by atoms with van der Waals surface area (Å²) in [6.07, 6.45) is 3.94. The van der Waals surface area contributed by atoms with E-state index >= 15 is 0 Å². The van der Waals surface area contributed by atoms with Crippen LogP contribution in [-0.2, 0) is 16.0 Å². The van der Waals surface area contributed by atoms with Crippen molar-refractivity contribution in [1.29, 1.82) is 0 Å². The van der Waals surface area contributed by atoms with Crippen molar-refractivity contribution in [2.45, 2.75) is 51.3 Å². The molecule has 6 heteroatoms. The Morgan fingerprint density at radius 2 is 1.85 bits per heavy atom. The van der Waals surface area contributed by atoms with Crippen molar-refractivity contribution in [3.63, 3.8) is 0 Å². The van der Waals surface area contributed by atoms with Crippen LogP contribution in [0.1, 0.15) is 48.4 Å². The Hall–Kier alpha value is -1.92. The molecule has 0 saturated carbocycles. The van der Waals surface area contributed by atoms with E-state index in [0.29, 0.717) is 26.0 Å². The number of carbonyl (C=O) groups excluding carboxylic acids is 1. The maximum Gasteiger partial charge on any atom is 0.220 e. The predicted molar refractivity (Wildman–Crippen MR) is 110 cm³/mol. The monoisotopic (exact) mass is 387 g/mol. The summed E-state index contributed by atoms with van der Waals surface area (Å²) in [6, 6.07) is 10.1. The van der Waals surface area contributed by atoms with Crippen molar-refractivity contribution in [3.05, 3.63) is 52.8 Å². The first-order valence-electron chi connectivity index (χ1n) is 9.32. The summed E-state index contributed by atoms with van der Waals surface area (Å²) >= 11 is 1.53. The molecule has 1 atom stereocenters. The molecule has 0 bridgehead atoms. The molecule has 0 spiro atoms. The lowest BCUT2D eigenvalue weighted by atomic mass is 10.1. The Morgan fingerprint density at radius 1 is 1.19 bits per heavy atom. The van der Waals surface area contributed by atoms with Gasteiger partial charge in [0.1, 0.15) is 0 Å². The minimum Gasteiger partial charge on any atom is -0.374 e. The molecule has 1 heterocycles. The number of hydrogen-bond donors (Lipinski definition) is 1. The number of rotatable bonds is 10. The van der Waals surface area contributed by atoms with Crippen LogP contribution in [0, 0.1) is 13.8 Å². The number of hydrogen-bond acceptors (Lipinski definition) is 5. The fraction of sp³-hybridized carbons (Fsp3) is 0.476. The summed E-state index contributed by atoms with van der Waals surface area (Å²) in [7, 11) is 0. The molecule has 0 unspecified atom stereocenters. The van der Waals surface area contributed by atoms with Gasteiger partial charge in [0.25, 0.3) is 0 Å². The highest BCUT2D eigenvalue weighted by molar-refractivity contribution is 7.98. The molecule has 0 fully saturated rings. The third-order valence-corrected chi connectivity index (χ3v) is 5.01. The number of benzene rings is 1. The van der Waals surface area contributed by atoms with Gasteiger partial charge in [0.05, 0.1) is 6.10 Å². The van der Waals surface area contributed by atoms with Gasteiger partial charge >= 0.3 is 0 Å². The Morgan fingerprint density at radius 3 is 2.48 bits per heavy atom. The highest BCUT2D eigenvalue weighted by atomic mass is 32.2. The first-order valence-corrected chi connectivity index (χ1v) is 10.5. The van der Waals surface area contributed by atoms with Crippen LogP contribution in [0.5, 0.6) is 0 Å². The van der Waals surface area contributed by atoms with Crippen molar-refractivity contribution in [2.75, 3.05) is 19.4 Å². The average molecular weight is 388 g/mol. The number of nitrogens with zero attached hydrogens (tertiary/aromatic N) is 2. The van der Waals surface area contributed by atoms with Crippen molar-refractivity contribution < 1.29 is 9.53 Å². The molecule has 2 rings (SSSR count). The molecule has 2 aromatic rings. The summed E-state index contributed by atoms with van der Waals surface area (Å²) < 4.78 is 5.82. The van der Waals surface area contributed by atoms with E-state index in [2.05, 4.69) is 27.4 Å². The summed E-state index contributed by atoms with van der Waals surface area (Å²) in [5.41, 5.74) is 4.16. The van der Waals surface area contributed by atoms with Crippen molar-refractivity contribution in [1.82, 2.24) is 15.3 Å². The highest BCUT2D eigenvalue weighted by Crippen LogP contribution is 2.17. The number of aromatic nitrogens is 2. The molecule has 0 aliphatic rings. The second-order valence-electron chi connectivity index (χ2n) is 6.49. The SMILES string of the molecule is CSc1nc(C)c(CCC(=O)NCCCO[C@H](C)c2ccccc2)c(C)n1. The quantitative estimate of drug-likeness (QED) is 0.379. The van der Waals surface area contributed by atoms with Crippen LogP contribution >= 0.6 is 11.8 Å². The van der Waals surface area contributed by atoms with Gasteiger partial charge in [0, 0.05) is 31.0 Å². The van der Waals surface area contributed by atoms with E-state index < -0.39 is 0 Å². The third kappa shape index (κ3) is 6.96. The molecule has 0 aliphatic carbocycles. The minimum absolute atomic E-state index is 0.0545. The van der Waals surface area contributed by atoms with E-state index in [1.807, 2.05) is 45.2 Å². The number of aryl methyl sites for hydroxylation is 2. The molecule has 27 heavy (non-hydrogen) atoms. The minimum atomic E-state index is 0.0545. The van der Waals surface area contributed by atoms with E-state index in [-0.39, 0.29) is 12.0 Å². The Balaban J connectivity index is 1.65. The van der Waals surface area contributed by atoms with E-state index in [0.717, 1.165) is 28.5 Å². The summed E-state index contributed by atoms with van der Waals surface area (Å²) in [6.45, 7) is 7.25. The molecule has 1 aromatic heterocycles. The maximum atomic E-state index is 12.1. The van der Waals surface area contributed by atoms with Gasteiger partial charge < -0.3 is 10.1 Å². The standard InChI is InChI=1S/C21H29N3O2S/c1-15-19(16(2)24-21(23-15)27-4)11-12-20(25)22-13-8-14-26-17(3)18-9-6-5-7-10-18/h5-7,9-10,17H,8,11-14H2,1-4H3,(H,22,25)/t17-/m1/s1. The summed E-state index contributed by atoms with van der Waals surface area (Å²) in [4.78, 5) is 21.0. The highest BCUT2D eigenvalue weighted by Gasteiger charge is 2.10. The molecular weight excluding hydrogens is 358 g/mol. The van der Waals surface area contributed by atoms with Gasteiger partial charge in [-0.3, -0.25) is 4.79 Å². The van der Waals surface area contributed by atoms with E-state index in [1.54, 1.807) is 0 Å². The first-order chi connectivity index (χ1) is 13.0. The van der Waals surface area contributed by atoms with Gasteiger partial charge in [-0.25, -0.2) is 9.97 Å². The first kappa shape index (κ1) is 21.4. The zero-order valence-electron chi connectivity index (χ0n) is 16.6. The molecule has 1 aromatic carbocycles. The molecular formula is C21H29N3O2S. The van der Waals surface area contributed by atoms with Crippen LogP contribution in [0.2, 0.25) is 0 Å². The van der Waals surface area contributed by atoms with Crippen LogP contribution in [0.4, 0.5) is 0 Å². The second-order valence-corrected chi connectivity index (χ2v) is 7.26. The van der Waals surface area contributed by atoms with E-state index in [1.165, 1.54) is 17.3 Å². The van der Waals surface area contributed by atoms with E-state index in [9.17, 15) is 4.79 Å². The number of thioether (sulfide) groups is 1. The number of amides is 1. The predicted octanol–water partition coefficient (Wildman–Crippen LogP) is 4.03. The molecule has 0 radical (unpaired) electrons. The van der Waals surface area contributed by atoms with Gasteiger partial charge in [0.2, 0.25) is 5.91 Å². The molecule has 0 saturated heterocycles. The number of nitrogens with one attached hydrogen (secondary N) is 1. The van der Waals surface area contributed by atoms with Gasteiger partial charge in [-0.2, -0.15) is 0 Å². The number of ether oxygens (including phenoxy) is 1. The maximum absolute atomic E-state index is 12.1. The van der Waals surface area contributed by atoms with Crippen LogP contribution in [0.25, 0.3) is 0 Å². The smallest absolute Gasteiger partial charge is 0.220 e. The zero-order chi connectivity index (χ0) is 19.6. The van der Waals surface area contributed by atoms with E-state index in [4.69, 9.17) is 4.74 Å². The van der Waals surface area contributed by atoms with Crippen LogP contribution in [0.3, 0.4) is 0 Å². The molecule has 5 nitrogen and oxygen atoms in total. The zero-order valence-corrected chi connectivity index (χ0v) is 17.4. The summed E-state index contributed by atoms with van der Waals surface area (Å²) in [5, 5.41) is 3.74. The normalized spacial score (nSPS) is 12.0. The summed E-state index contributed by atoms with van der Waals surface area (Å²) in [5.74, 6) is 0.0545. The molecule has 1 N–H and O–H groups in total. The Bertz CT molecular complexity index is 714. The molecule has 1 amide bonds. The fourth-order valence-electron chi connectivity index (χ4n) is 2.87. The van der Waals surface area contributed by atoms with Crippen molar-refractivity contribution in [3.8, 4) is 0 Å². The number of carbonyl (C=O) groups is 1. The largest absolute Gasteiger partial charge is 0.374 e. The van der Waals surface area contributed by atoms with Gasteiger partial charge in [-0.15, -0.1) is 0 Å². The van der Waals surface area contributed by atoms with Gasteiger partial charge in [-0.05, 0) is 51.0 Å². The molecule has 0 aliphatic heterocycles. The van der Waals surface area contributed by atoms with Crippen molar-refractivity contribution in [2.24, 2.45) is 0 Å². The lowest BCUT2D eigenvalue weighted by molar-refractivity contribution is -0.121. The average Bonchev–Trinajstić information content (AvgIpc) is 2.67. The third-order valence-electron chi connectivity index (χ3n) is 4.46. The van der Waals surface area contributed by atoms with Gasteiger partial charge in [-0.1, -0.05) is 42.1 Å². The topological polar surface area (TPSA) is 64.1 Å². The second kappa shape index (κ2) is 11.0. The van der Waals surface area contributed by atoms with Crippen LogP contribution in [0.15, 0.2) is 35.5 Å². The Labute approximate surface area is 166 Å². The molecule has 146 valence electrons. The van der Waals surface area contributed by atoms with Crippen molar-refractivity contribution >= 4 is 17.7 Å². The lowest BCUT2D eigenvalue weighted by Gasteiger charge is -2.13. The van der Waals surface area contributed by atoms with Crippen LogP contribution in [-0.4, -0.2) is 35.3 Å². The fourth-order valence-corrected chi connectivity index (χ4v) is 3.33. The Kier molecular flexibility index (Phi) is 8.75.